The fourth-order valence-electron chi connectivity index (χ4n) is 1.26. The van der Waals surface area contributed by atoms with E-state index in [0.717, 1.165) is 5.56 Å². The van der Waals surface area contributed by atoms with Crippen LogP contribution in [-0.4, -0.2) is 5.24 Å². The van der Waals surface area contributed by atoms with Gasteiger partial charge in [-0.2, -0.15) is 0 Å². The van der Waals surface area contributed by atoms with E-state index in [1.165, 1.54) is 0 Å². The van der Waals surface area contributed by atoms with Crippen LogP contribution in [0.4, 0.5) is 0 Å². The summed E-state index contributed by atoms with van der Waals surface area (Å²) in [6.07, 6.45) is 0.653. The van der Waals surface area contributed by atoms with E-state index < -0.39 is 0 Å². The molecule has 0 aliphatic heterocycles. The third-order valence-electron chi connectivity index (χ3n) is 2.03. The molecule has 0 N–H and O–H groups in total. The Morgan fingerprint density at radius 2 is 2.00 bits per heavy atom. The fraction of sp³-hybridized carbons (Fsp3) is 0.300. The van der Waals surface area contributed by atoms with Gasteiger partial charge in [0.2, 0.25) is 5.24 Å². The van der Waals surface area contributed by atoms with Crippen molar-refractivity contribution < 1.29 is 4.79 Å². The summed E-state index contributed by atoms with van der Waals surface area (Å²) in [6, 6.07) is 5.11. The summed E-state index contributed by atoms with van der Waals surface area (Å²) >= 11 is 17.0. The first kappa shape index (κ1) is 11.8. The normalized spacial score (nSPS) is 12.6. The molecule has 0 radical (unpaired) electrons. The van der Waals surface area contributed by atoms with Gasteiger partial charge in [0.25, 0.3) is 0 Å². The second kappa shape index (κ2) is 5.01. The molecule has 1 unspecified atom stereocenters. The Morgan fingerprint density at radius 3 is 2.43 bits per heavy atom. The van der Waals surface area contributed by atoms with Crippen LogP contribution in [0.1, 0.15) is 24.8 Å². The van der Waals surface area contributed by atoms with Crippen molar-refractivity contribution in [3.63, 3.8) is 0 Å². The second-order valence-corrected chi connectivity index (χ2v) is 4.13. The minimum Gasteiger partial charge on any atom is -0.281 e. The van der Waals surface area contributed by atoms with Crippen molar-refractivity contribution in [2.24, 2.45) is 0 Å². The molecule has 0 spiro atoms. The smallest absolute Gasteiger partial charge is 0.229 e. The Bertz CT molecular complexity index is 349. The number of benzene rings is 1. The Morgan fingerprint density at radius 1 is 1.36 bits per heavy atom. The highest BCUT2D eigenvalue weighted by atomic mass is 35.5. The van der Waals surface area contributed by atoms with Gasteiger partial charge in [-0.05, 0) is 35.7 Å². The maximum atomic E-state index is 11.1. The first-order valence-electron chi connectivity index (χ1n) is 4.20. The average molecular weight is 252 g/mol. The molecule has 0 heterocycles. The zero-order valence-electron chi connectivity index (χ0n) is 7.56. The van der Waals surface area contributed by atoms with Crippen LogP contribution in [0.15, 0.2) is 18.2 Å². The van der Waals surface area contributed by atoms with Gasteiger partial charge in [-0.3, -0.25) is 4.79 Å². The molecule has 1 aromatic rings. The minimum absolute atomic E-state index is 0.300. The van der Waals surface area contributed by atoms with Crippen molar-refractivity contribution in [1.82, 2.24) is 0 Å². The summed E-state index contributed by atoms with van der Waals surface area (Å²) in [5, 5.41) is 0.554. The Kier molecular flexibility index (Phi) is 4.24. The van der Waals surface area contributed by atoms with Crippen LogP contribution in [-0.2, 0) is 4.79 Å². The molecule has 1 rings (SSSR count). The number of halogens is 3. The molecule has 1 nitrogen and oxygen atoms in total. The van der Waals surface area contributed by atoms with E-state index in [4.69, 9.17) is 34.8 Å². The van der Waals surface area contributed by atoms with E-state index in [2.05, 4.69) is 0 Å². The first-order chi connectivity index (χ1) is 6.56. The van der Waals surface area contributed by atoms with Crippen LogP contribution in [0.5, 0.6) is 0 Å². The lowest BCUT2D eigenvalue weighted by atomic mass is 9.98. The van der Waals surface area contributed by atoms with Crippen LogP contribution < -0.4 is 0 Å². The van der Waals surface area contributed by atoms with Crippen LogP contribution in [0, 0.1) is 0 Å². The minimum atomic E-state index is -0.370. The highest BCUT2D eigenvalue weighted by Gasteiger charge is 2.17. The van der Waals surface area contributed by atoms with Crippen molar-refractivity contribution in [1.29, 1.82) is 0 Å². The van der Waals surface area contributed by atoms with Gasteiger partial charge in [-0.25, -0.2) is 0 Å². The van der Waals surface area contributed by atoms with Gasteiger partial charge in [0.15, 0.2) is 0 Å². The largest absolute Gasteiger partial charge is 0.281 e. The Hall–Kier alpha value is -0.240. The zero-order chi connectivity index (χ0) is 10.7. The zero-order valence-corrected chi connectivity index (χ0v) is 9.83. The predicted molar refractivity (Wildman–Crippen MR) is 60.4 cm³/mol. The summed E-state index contributed by atoms with van der Waals surface area (Å²) < 4.78 is 0. The summed E-state index contributed by atoms with van der Waals surface area (Å²) in [5.41, 5.74) is 0.807. The highest BCUT2D eigenvalue weighted by Crippen LogP contribution is 2.29. The van der Waals surface area contributed by atoms with Crippen LogP contribution in [0.2, 0.25) is 10.0 Å². The number of hydrogen-bond donors (Lipinski definition) is 0. The SMILES string of the molecule is CCC(C(=O)Cl)c1ccc(Cl)c(Cl)c1. The molecule has 0 bridgehead atoms. The average Bonchev–Trinajstić information content (AvgIpc) is 2.11. The topological polar surface area (TPSA) is 17.1 Å². The van der Waals surface area contributed by atoms with Crippen molar-refractivity contribution in [3.8, 4) is 0 Å². The molecule has 4 heteroatoms. The third-order valence-corrected chi connectivity index (χ3v) is 3.03. The summed E-state index contributed by atoms with van der Waals surface area (Å²) in [6.45, 7) is 1.90. The molecule has 0 aliphatic carbocycles. The molecular formula is C10H9Cl3O. The molecular weight excluding hydrogens is 242 g/mol. The number of carbonyl (C=O) groups is 1. The molecule has 0 aromatic heterocycles. The lowest BCUT2D eigenvalue weighted by Gasteiger charge is -2.10. The van der Waals surface area contributed by atoms with E-state index in [0.29, 0.717) is 16.5 Å². The highest BCUT2D eigenvalue weighted by molar-refractivity contribution is 6.64. The van der Waals surface area contributed by atoms with Gasteiger partial charge in [0.05, 0.1) is 16.0 Å². The van der Waals surface area contributed by atoms with Gasteiger partial charge in [-0.15, -0.1) is 0 Å². The molecule has 0 fully saturated rings. The van der Waals surface area contributed by atoms with Crippen LogP contribution >= 0.6 is 34.8 Å². The van der Waals surface area contributed by atoms with Crippen molar-refractivity contribution >= 4 is 40.0 Å². The monoisotopic (exact) mass is 250 g/mol. The molecule has 0 saturated heterocycles. The molecule has 0 aliphatic rings. The predicted octanol–water partition coefficient (Wildman–Crippen LogP) is 4.25. The molecule has 1 aromatic carbocycles. The lowest BCUT2D eigenvalue weighted by molar-refractivity contribution is -0.113. The third kappa shape index (κ3) is 2.63. The van der Waals surface area contributed by atoms with E-state index in [9.17, 15) is 4.79 Å². The maximum absolute atomic E-state index is 11.1. The van der Waals surface area contributed by atoms with Crippen molar-refractivity contribution in [2.75, 3.05) is 0 Å². The quantitative estimate of drug-likeness (QED) is 0.734. The fourth-order valence-corrected chi connectivity index (χ4v) is 1.84. The van der Waals surface area contributed by atoms with Gasteiger partial charge in [0, 0.05) is 0 Å². The van der Waals surface area contributed by atoms with Gasteiger partial charge < -0.3 is 0 Å². The molecule has 76 valence electrons. The van der Waals surface area contributed by atoms with Crippen LogP contribution in [0.25, 0.3) is 0 Å². The molecule has 0 amide bonds. The summed E-state index contributed by atoms with van der Waals surface area (Å²) in [4.78, 5) is 11.1. The molecule has 1 atom stereocenters. The van der Waals surface area contributed by atoms with E-state index >= 15 is 0 Å². The van der Waals surface area contributed by atoms with Crippen molar-refractivity contribution in [2.45, 2.75) is 19.3 Å². The van der Waals surface area contributed by atoms with Gasteiger partial charge in [0.1, 0.15) is 0 Å². The number of rotatable bonds is 3. The summed E-state index contributed by atoms with van der Waals surface area (Å²) in [5.74, 6) is -0.300. The van der Waals surface area contributed by atoms with E-state index in [1.54, 1.807) is 18.2 Å². The number of hydrogen-bond acceptors (Lipinski definition) is 1. The summed E-state index contributed by atoms with van der Waals surface area (Å²) in [7, 11) is 0. The van der Waals surface area contributed by atoms with E-state index in [-0.39, 0.29) is 11.2 Å². The van der Waals surface area contributed by atoms with E-state index in [1.807, 2.05) is 6.92 Å². The second-order valence-electron chi connectivity index (χ2n) is 2.94. The first-order valence-corrected chi connectivity index (χ1v) is 5.34. The molecule has 0 saturated carbocycles. The Balaban J connectivity index is 3.06. The van der Waals surface area contributed by atoms with Crippen LogP contribution in [0.3, 0.4) is 0 Å². The van der Waals surface area contributed by atoms with Gasteiger partial charge in [-0.1, -0.05) is 36.2 Å². The maximum Gasteiger partial charge on any atom is 0.229 e. The van der Waals surface area contributed by atoms with Gasteiger partial charge >= 0.3 is 0 Å². The number of carbonyl (C=O) groups excluding carboxylic acids is 1. The molecule has 14 heavy (non-hydrogen) atoms. The lowest BCUT2D eigenvalue weighted by Crippen LogP contribution is -2.05. The van der Waals surface area contributed by atoms with Crippen molar-refractivity contribution in [3.05, 3.63) is 33.8 Å². The Labute approximate surface area is 98.0 Å². The standard InChI is InChI=1S/C10H9Cl3O/c1-2-7(10(13)14)6-3-4-8(11)9(12)5-6/h3-5,7H,2H2,1H3.